The van der Waals surface area contributed by atoms with Gasteiger partial charge >= 0.3 is 5.97 Å². The van der Waals surface area contributed by atoms with E-state index >= 15 is 0 Å². The molecule has 0 spiro atoms. The molecule has 0 aliphatic rings. The molecule has 0 aliphatic heterocycles. The molecule has 0 aromatic heterocycles. The molecule has 3 unspecified atom stereocenters. The van der Waals surface area contributed by atoms with E-state index in [2.05, 4.69) is 38.2 Å². The van der Waals surface area contributed by atoms with Crippen molar-refractivity contribution in [3.63, 3.8) is 0 Å². The largest absolute Gasteiger partial charge is 0.458 e. The van der Waals surface area contributed by atoms with Gasteiger partial charge in [-0.1, -0.05) is 225 Å². The van der Waals surface area contributed by atoms with E-state index in [4.69, 9.17) is 4.74 Å². The van der Waals surface area contributed by atoms with E-state index in [1.54, 1.807) is 0 Å². The van der Waals surface area contributed by atoms with Gasteiger partial charge in [-0.2, -0.15) is 0 Å². The maximum absolute atomic E-state index is 13.1. The van der Waals surface area contributed by atoms with Crippen molar-refractivity contribution in [2.45, 2.75) is 270 Å². The molecule has 0 heterocycles. The second kappa shape index (κ2) is 43.5. The molecule has 0 rings (SSSR count). The zero-order chi connectivity index (χ0) is 40.3. The molecule has 0 aromatic rings. The van der Waals surface area contributed by atoms with Gasteiger partial charge in [0.05, 0.1) is 25.2 Å². The summed E-state index contributed by atoms with van der Waals surface area (Å²) in [5.41, 5.74) is 0. The van der Waals surface area contributed by atoms with Gasteiger partial charge in [0, 0.05) is 6.42 Å². The lowest BCUT2D eigenvalue weighted by molar-refractivity contribution is -0.148. The molecule has 324 valence electrons. The summed E-state index contributed by atoms with van der Waals surface area (Å²) in [6, 6.07) is -0.725. The normalized spacial score (nSPS) is 13.5. The first-order valence-corrected chi connectivity index (χ1v) is 24.1. The Morgan fingerprint density at radius 2 is 0.964 bits per heavy atom. The van der Waals surface area contributed by atoms with Crippen molar-refractivity contribution >= 4 is 11.9 Å². The van der Waals surface area contributed by atoms with Gasteiger partial charge in [0.25, 0.3) is 0 Å². The summed E-state index contributed by atoms with van der Waals surface area (Å²) in [6.07, 6.45) is 48.5. The van der Waals surface area contributed by atoms with Gasteiger partial charge in [-0.25, -0.2) is 0 Å². The van der Waals surface area contributed by atoms with Gasteiger partial charge < -0.3 is 20.3 Å². The van der Waals surface area contributed by atoms with Crippen LogP contribution in [0.3, 0.4) is 0 Å². The van der Waals surface area contributed by atoms with Gasteiger partial charge in [0.1, 0.15) is 6.10 Å². The van der Waals surface area contributed by atoms with Crippen LogP contribution in [0.4, 0.5) is 0 Å². The Kier molecular flexibility index (Phi) is 42.2. The molecule has 1 amide bonds. The van der Waals surface area contributed by atoms with E-state index in [0.717, 1.165) is 51.4 Å². The van der Waals surface area contributed by atoms with Crippen molar-refractivity contribution in [2.24, 2.45) is 0 Å². The van der Waals surface area contributed by atoms with E-state index in [1.165, 1.54) is 161 Å². The summed E-state index contributed by atoms with van der Waals surface area (Å²) in [7, 11) is 0. The fourth-order valence-corrected chi connectivity index (χ4v) is 7.34. The lowest BCUT2D eigenvalue weighted by Crippen LogP contribution is -2.46. The molecule has 3 N–H and O–H groups in total. The number of carbonyl (C=O) groups is 2. The fraction of sp³-hybridized carbons (Fsp3) is 0.878. The number of allylic oxidation sites excluding steroid dienone is 3. The summed E-state index contributed by atoms with van der Waals surface area (Å²) >= 11 is 0. The highest BCUT2D eigenvalue weighted by Gasteiger charge is 2.23. The van der Waals surface area contributed by atoms with Crippen molar-refractivity contribution < 1.29 is 24.5 Å². The van der Waals surface area contributed by atoms with Crippen LogP contribution in [0.1, 0.15) is 252 Å². The molecule has 0 radical (unpaired) electrons. The Bertz CT molecular complexity index is 873. The zero-order valence-electron chi connectivity index (χ0n) is 36.8. The molecule has 0 fully saturated rings. The summed E-state index contributed by atoms with van der Waals surface area (Å²) < 4.78 is 5.81. The topological polar surface area (TPSA) is 95.9 Å². The number of hydrogen-bond donors (Lipinski definition) is 3. The Hall–Kier alpha value is -1.66. The molecular formula is C49H93NO5. The van der Waals surface area contributed by atoms with E-state index in [0.29, 0.717) is 12.8 Å². The number of nitrogens with one attached hydrogen (secondary N) is 1. The number of esters is 1. The minimum absolute atomic E-state index is 0.0239. The average Bonchev–Trinajstić information content (AvgIpc) is 3.18. The van der Waals surface area contributed by atoms with Gasteiger partial charge in [0.15, 0.2) is 0 Å². The first kappa shape index (κ1) is 53.3. The minimum Gasteiger partial charge on any atom is -0.458 e. The summed E-state index contributed by atoms with van der Waals surface area (Å²) in [6.45, 7) is 6.43. The number of ether oxygens (including phenoxy) is 1. The van der Waals surface area contributed by atoms with Crippen LogP contribution in [0, 0.1) is 0 Å². The second-order valence-corrected chi connectivity index (χ2v) is 16.5. The molecule has 3 atom stereocenters. The molecule has 0 aliphatic carbocycles. The maximum Gasteiger partial charge on any atom is 0.306 e. The molecule has 0 saturated heterocycles. The maximum atomic E-state index is 13.1. The number of aliphatic hydroxyl groups is 2. The van der Waals surface area contributed by atoms with E-state index in [1.807, 2.05) is 12.2 Å². The van der Waals surface area contributed by atoms with Crippen LogP contribution in [0.2, 0.25) is 0 Å². The molecular weight excluding hydrogens is 683 g/mol. The van der Waals surface area contributed by atoms with Crippen molar-refractivity contribution in [1.29, 1.82) is 0 Å². The number of unbranched alkanes of at least 4 members (excludes halogenated alkanes) is 29. The van der Waals surface area contributed by atoms with Gasteiger partial charge in [-0.05, 0) is 38.2 Å². The van der Waals surface area contributed by atoms with Crippen LogP contribution in [0.15, 0.2) is 24.3 Å². The Morgan fingerprint density at radius 1 is 0.545 bits per heavy atom. The summed E-state index contributed by atoms with van der Waals surface area (Å²) in [5.74, 6) is -0.593. The van der Waals surface area contributed by atoms with Crippen molar-refractivity contribution in [1.82, 2.24) is 5.32 Å². The molecule has 6 nitrogen and oxygen atoms in total. The highest BCUT2D eigenvalue weighted by atomic mass is 16.5. The van der Waals surface area contributed by atoms with Crippen molar-refractivity contribution in [2.75, 3.05) is 6.61 Å². The smallest absolute Gasteiger partial charge is 0.306 e. The predicted octanol–water partition coefficient (Wildman–Crippen LogP) is 14.0. The number of aliphatic hydroxyl groups excluding tert-OH is 2. The molecule has 0 aromatic carbocycles. The van der Waals surface area contributed by atoms with Gasteiger partial charge in [0.2, 0.25) is 5.91 Å². The van der Waals surface area contributed by atoms with Crippen LogP contribution < -0.4 is 5.32 Å². The molecule has 0 saturated carbocycles. The van der Waals surface area contributed by atoms with E-state index in [9.17, 15) is 19.8 Å². The first-order chi connectivity index (χ1) is 27.0. The lowest BCUT2D eigenvalue weighted by atomic mass is 10.0. The molecule has 6 heteroatoms. The quantitative estimate of drug-likeness (QED) is 0.0326. The number of hydrogen-bond acceptors (Lipinski definition) is 5. The third-order valence-corrected chi connectivity index (χ3v) is 11.0. The Balaban J connectivity index is 4.58. The van der Waals surface area contributed by atoms with Crippen molar-refractivity contribution in [3.8, 4) is 0 Å². The Labute approximate surface area is 341 Å². The zero-order valence-corrected chi connectivity index (χ0v) is 36.8. The third kappa shape index (κ3) is 39.0. The highest BCUT2D eigenvalue weighted by Crippen LogP contribution is 2.16. The number of carbonyl (C=O) groups excluding carboxylic acids is 2. The molecule has 55 heavy (non-hydrogen) atoms. The van der Waals surface area contributed by atoms with E-state index in [-0.39, 0.29) is 24.9 Å². The van der Waals surface area contributed by atoms with Crippen LogP contribution in [-0.2, 0) is 14.3 Å². The van der Waals surface area contributed by atoms with Crippen LogP contribution in [-0.4, -0.2) is 46.9 Å². The van der Waals surface area contributed by atoms with Crippen LogP contribution >= 0.6 is 0 Å². The number of rotatable bonds is 43. The number of amides is 1. The van der Waals surface area contributed by atoms with Gasteiger partial charge in [-0.15, -0.1) is 0 Å². The fourth-order valence-electron chi connectivity index (χ4n) is 7.34. The van der Waals surface area contributed by atoms with Crippen LogP contribution in [0.5, 0.6) is 0 Å². The van der Waals surface area contributed by atoms with E-state index < -0.39 is 18.2 Å². The monoisotopic (exact) mass is 776 g/mol. The molecule has 0 bridgehead atoms. The van der Waals surface area contributed by atoms with Crippen molar-refractivity contribution in [3.05, 3.63) is 24.3 Å². The Morgan fingerprint density at radius 3 is 1.42 bits per heavy atom. The van der Waals surface area contributed by atoms with Gasteiger partial charge in [-0.3, -0.25) is 9.59 Å². The SMILES string of the molecule is CCCCCCCC/C=C\C/C=C/C(CC(=O)NC(CO)C(O)CCCCCCCCCCC)OC(=O)CCCCCCCCCCCCCCCCCC. The highest BCUT2D eigenvalue weighted by molar-refractivity contribution is 5.78. The van der Waals surface area contributed by atoms with Crippen LogP contribution in [0.25, 0.3) is 0 Å². The lowest BCUT2D eigenvalue weighted by Gasteiger charge is -2.23. The summed E-state index contributed by atoms with van der Waals surface area (Å²) in [5, 5.41) is 23.5. The first-order valence-electron chi connectivity index (χ1n) is 24.1. The second-order valence-electron chi connectivity index (χ2n) is 16.5. The minimum atomic E-state index is -0.804. The average molecular weight is 776 g/mol. The standard InChI is InChI=1S/C49H93NO5/c1-4-7-10-13-16-19-21-22-23-24-25-27-30-33-36-39-42-49(54)55-45(40-37-34-31-29-26-20-17-14-11-8-5-2)43-48(53)50-46(44-51)47(52)41-38-35-32-28-18-15-12-9-6-3/h29,31,37,40,45-47,51-52H,4-28,30,32-36,38-39,41-44H2,1-3H3,(H,50,53)/b31-29-,40-37+. The third-order valence-electron chi connectivity index (χ3n) is 11.0. The summed E-state index contributed by atoms with van der Waals surface area (Å²) in [4.78, 5) is 25.9. The predicted molar refractivity (Wildman–Crippen MR) is 236 cm³/mol.